The standard InChI is InChI=1S/C22H25N3O3/c1-5-28-22(26)21-18-11-8-16-13-25(12-15-6-9-17(27-4)10-7-15)23-20(16)19(18)14(2)24(21)3/h6-7,9-10,13H,5,8,11-12H2,1-4H3. The molecule has 0 fully saturated rings. The molecule has 2 heterocycles. The normalized spacial score (nSPS) is 12.4. The number of aryl methyl sites for hydroxylation is 1. The quantitative estimate of drug-likeness (QED) is 0.637. The number of carbonyl (C=O) groups excluding carboxylic acids is 1. The number of benzene rings is 1. The van der Waals surface area contributed by atoms with Crippen molar-refractivity contribution in [1.29, 1.82) is 0 Å². The molecule has 1 aromatic carbocycles. The molecule has 3 aromatic rings. The Hall–Kier alpha value is -3.02. The van der Waals surface area contributed by atoms with Crippen molar-refractivity contribution in [3.63, 3.8) is 0 Å². The molecule has 6 nitrogen and oxygen atoms in total. The van der Waals surface area contributed by atoms with Gasteiger partial charge in [-0.25, -0.2) is 4.79 Å². The van der Waals surface area contributed by atoms with Crippen molar-refractivity contribution in [1.82, 2.24) is 14.3 Å². The Labute approximate surface area is 164 Å². The molecule has 1 aliphatic rings. The van der Waals surface area contributed by atoms with Crippen molar-refractivity contribution in [3.05, 3.63) is 58.5 Å². The molecular formula is C22H25N3O3. The predicted octanol–water partition coefficient (Wildman–Crippen LogP) is 3.53. The van der Waals surface area contributed by atoms with Crippen LogP contribution in [0.5, 0.6) is 5.75 Å². The van der Waals surface area contributed by atoms with Crippen molar-refractivity contribution in [2.45, 2.75) is 33.2 Å². The van der Waals surface area contributed by atoms with Gasteiger partial charge in [0.25, 0.3) is 0 Å². The van der Waals surface area contributed by atoms with Gasteiger partial charge in [0.1, 0.15) is 11.4 Å². The highest BCUT2D eigenvalue weighted by Gasteiger charge is 2.31. The summed E-state index contributed by atoms with van der Waals surface area (Å²) < 4.78 is 14.4. The summed E-state index contributed by atoms with van der Waals surface area (Å²) in [5.74, 6) is 0.593. The number of aromatic nitrogens is 3. The van der Waals surface area contributed by atoms with Gasteiger partial charge < -0.3 is 14.0 Å². The van der Waals surface area contributed by atoms with Crippen LogP contribution in [-0.4, -0.2) is 34.0 Å². The van der Waals surface area contributed by atoms with Crippen LogP contribution >= 0.6 is 0 Å². The smallest absolute Gasteiger partial charge is 0.355 e. The van der Waals surface area contributed by atoms with E-state index >= 15 is 0 Å². The molecule has 0 amide bonds. The minimum atomic E-state index is -0.254. The molecule has 4 rings (SSSR count). The SMILES string of the molecule is CCOC(=O)c1c2c(c(C)n1C)-c1nn(Cc3ccc(OC)cc3)cc1CC2. The average Bonchev–Trinajstić information content (AvgIpc) is 3.21. The largest absolute Gasteiger partial charge is 0.497 e. The highest BCUT2D eigenvalue weighted by Crippen LogP contribution is 2.38. The van der Waals surface area contributed by atoms with Crippen molar-refractivity contribution in [2.75, 3.05) is 13.7 Å². The summed E-state index contributed by atoms with van der Waals surface area (Å²) in [6.07, 6.45) is 3.83. The molecule has 0 aliphatic heterocycles. The Kier molecular flexibility index (Phi) is 4.71. The van der Waals surface area contributed by atoms with E-state index in [0.29, 0.717) is 18.8 Å². The Bertz CT molecular complexity index is 1030. The summed E-state index contributed by atoms with van der Waals surface area (Å²) >= 11 is 0. The van der Waals surface area contributed by atoms with Gasteiger partial charge in [-0.15, -0.1) is 0 Å². The monoisotopic (exact) mass is 379 g/mol. The van der Waals surface area contributed by atoms with Gasteiger partial charge in [0.05, 0.1) is 26.0 Å². The van der Waals surface area contributed by atoms with E-state index in [1.54, 1.807) is 7.11 Å². The van der Waals surface area contributed by atoms with Gasteiger partial charge in [0, 0.05) is 24.5 Å². The molecule has 0 saturated heterocycles. The van der Waals surface area contributed by atoms with Crippen LogP contribution in [0.15, 0.2) is 30.5 Å². The predicted molar refractivity (Wildman–Crippen MR) is 107 cm³/mol. The van der Waals surface area contributed by atoms with Crippen LogP contribution in [0.1, 0.15) is 39.8 Å². The van der Waals surface area contributed by atoms with E-state index < -0.39 is 0 Å². The number of esters is 1. The molecule has 1 aliphatic carbocycles. The molecular weight excluding hydrogens is 354 g/mol. The molecule has 0 atom stereocenters. The van der Waals surface area contributed by atoms with Crippen LogP contribution < -0.4 is 4.74 Å². The first-order valence-corrected chi connectivity index (χ1v) is 9.58. The van der Waals surface area contributed by atoms with Gasteiger partial charge in [-0.1, -0.05) is 12.1 Å². The Morgan fingerprint density at radius 2 is 1.96 bits per heavy atom. The molecule has 2 aromatic heterocycles. The zero-order chi connectivity index (χ0) is 19.8. The number of ether oxygens (including phenoxy) is 2. The Morgan fingerprint density at radius 1 is 1.21 bits per heavy atom. The fourth-order valence-corrected chi connectivity index (χ4v) is 4.01. The van der Waals surface area contributed by atoms with Crippen LogP contribution in [0.2, 0.25) is 0 Å². The van der Waals surface area contributed by atoms with Crippen molar-refractivity contribution < 1.29 is 14.3 Å². The number of methoxy groups -OCH3 is 1. The number of rotatable bonds is 5. The van der Waals surface area contributed by atoms with Gasteiger partial charge in [-0.2, -0.15) is 5.10 Å². The number of fused-ring (bicyclic) bond motifs is 3. The molecule has 0 radical (unpaired) electrons. The second-order valence-corrected chi connectivity index (χ2v) is 7.12. The summed E-state index contributed by atoms with van der Waals surface area (Å²) in [5.41, 5.74) is 7.22. The minimum Gasteiger partial charge on any atom is -0.497 e. The zero-order valence-electron chi connectivity index (χ0n) is 16.8. The first-order valence-electron chi connectivity index (χ1n) is 9.58. The van der Waals surface area contributed by atoms with Gasteiger partial charge in [0.15, 0.2) is 0 Å². The van der Waals surface area contributed by atoms with Crippen molar-refractivity contribution >= 4 is 5.97 Å². The molecule has 0 bridgehead atoms. The number of nitrogens with zero attached hydrogens (tertiary/aromatic N) is 3. The van der Waals surface area contributed by atoms with Gasteiger partial charge >= 0.3 is 5.97 Å². The van der Waals surface area contributed by atoms with E-state index in [9.17, 15) is 4.79 Å². The molecule has 0 unspecified atom stereocenters. The first kappa shape index (κ1) is 18.3. The topological polar surface area (TPSA) is 58.3 Å². The molecule has 146 valence electrons. The van der Waals surface area contributed by atoms with Gasteiger partial charge in [0.2, 0.25) is 0 Å². The second-order valence-electron chi connectivity index (χ2n) is 7.12. The summed E-state index contributed by atoms with van der Waals surface area (Å²) in [7, 11) is 3.59. The zero-order valence-corrected chi connectivity index (χ0v) is 16.8. The van der Waals surface area contributed by atoms with Crippen molar-refractivity contribution in [2.24, 2.45) is 7.05 Å². The minimum absolute atomic E-state index is 0.254. The van der Waals surface area contributed by atoms with Crippen LogP contribution in [0.25, 0.3) is 11.3 Å². The van der Waals surface area contributed by atoms with Crippen LogP contribution in [0, 0.1) is 6.92 Å². The third-order valence-corrected chi connectivity index (χ3v) is 5.48. The molecule has 0 saturated carbocycles. The molecule has 6 heteroatoms. The lowest BCUT2D eigenvalue weighted by atomic mass is 9.91. The number of hydrogen-bond acceptors (Lipinski definition) is 4. The molecule has 0 spiro atoms. The Balaban J connectivity index is 1.70. The summed E-state index contributed by atoms with van der Waals surface area (Å²) in [6.45, 7) is 4.95. The number of carbonyl (C=O) groups is 1. The van der Waals surface area contributed by atoms with E-state index in [0.717, 1.165) is 46.7 Å². The lowest BCUT2D eigenvalue weighted by molar-refractivity contribution is 0.0513. The van der Waals surface area contributed by atoms with E-state index in [1.165, 1.54) is 5.56 Å². The van der Waals surface area contributed by atoms with E-state index in [4.69, 9.17) is 14.6 Å². The van der Waals surface area contributed by atoms with Crippen LogP contribution in [0.3, 0.4) is 0 Å². The summed E-state index contributed by atoms with van der Waals surface area (Å²) in [5, 5.41) is 4.87. The van der Waals surface area contributed by atoms with Crippen molar-refractivity contribution in [3.8, 4) is 17.0 Å². The second kappa shape index (κ2) is 7.19. The van der Waals surface area contributed by atoms with Crippen LogP contribution in [-0.2, 0) is 31.2 Å². The average molecular weight is 379 g/mol. The molecule has 28 heavy (non-hydrogen) atoms. The maximum atomic E-state index is 12.5. The third kappa shape index (κ3) is 2.99. The lowest BCUT2D eigenvalue weighted by Crippen LogP contribution is -2.13. The van der Waals surface area contributed by atoms with Gasteiger partial charge in [-0.3, -0.25) is 4.68 Å². The third-order valence-electron chi connectivity index (χ3n) is 5.48. The lowest BCUT2D eigenvalue weighted by Gasteiger charge is -2.12. The number of hydrogen-bond donors (Lipinski definition) is 0. The highest BCUT2D eigenvalue weighted by atomic mass is 16.5. The fourth-order valence-electron chi connectivity index (χ4n) is 4.01. The highest BCUT2D eigenvalue weighted by molar-refractivity contribution is 5.94. The van der Waals surface area contributed by atoms with Gasteiger partial charge in [-0.05, 0) is 55.5 Å². The van der Waals surface area contributed by atoms with Crippen LogP contribution in [0.4, 0.5) is 0 Å². The molecule has 0 N–H and O–H groups in total. The van der Waals surface area contributed by atoms with E-state index in [-0.39, 0.29) is 5.97 Å². The Morgan fingerprint density at radius 3 is 2.64 bits per heavy atom. The summed E-state index contributed by atoms with van der Waals surface area (Å²) in [6, 6.07) is 8.03. The first-order chi connectivity index (χ1) is 13.5. The summed E-state index contributed by atoms with van der Waals surface area (Å²) in [4.78, 5) is 12.5. The maximum Gasteiger partial charge on any atom is 0.355 e. The van der Waals surface area contributed by atoms with E-state index in [2.05, 4.69) is 18.3 Å². The van der Waals surface area contributed by atoms with E-state index in [1.807, 2.05) is 42.3 Å². The fraction of sp³-hybridized carbons (Fsp3) is 0.364. The maximum absolute atomic E-state index is 12.5.